The van der Waals surface area contributed by atoms with E-state index < -0.39 is 50.5 Å². The fourth-order valence-corrected chi connectivity index (χ4v) is 11.3. The molecule has 4 aromatic rings. The quantitative estimate of drug-likeness (QED) is 0.115. The highest BCUT2D eigenvalue weighted by atomic mass is 28.4. The maximum atomic E-state index is 14.3. The summed E-state index contributed by atoms with van der Waals surface area (Å²) in [5, 5.41) is 4.97. The minimum absolute atomic E-state index is 0.0545. The van der Waals surface area contributed by atoms with E-state index in [1.165, 1.54) is 7.11 Å². The van der Waals surface area contributed by atoms with Gasteiger partial charge in [-0.25, -0.2) is 9.59 Å². The van der Waals surface area contributed by atoms with Gasteiger partial charge in [-0.3, -0.25) is 9.69 Å². The Morgan fingerprint density at radius 1 is 0.808 bits per heavy atom. The lowest BCUT2D eigenvalue weighted by Gasteiger charge is -2.44. The number of esters is 2. The molecule has 4 atom stereocenters. The molecule has 1 fully saturated rings. The summed E-state index contributed by atoms with van der Waals surface area (Å²) < 4.78 is 30.3. The number of amides is 1. The van der Waals surface area contributed by atoms with Crippen LogP contribution in [0.4, 0.5) is 0 Å². The van der Waals surface area contributed by atoms with Crippen molar-refractivity contribution in [2.45, 2.75) is 50.1 Å². The molecule has 5 rings (SSSR count). The third-order valence-corrected chi connectivity index (χ3v) is 14.3. The van der Waals surface area contributed by atoms with Crippen LogP contribution in [0.2, 0.25) is 5.04 Å². The second-order valence-electron chi connectivity index (χ2n) is 13.9. The van der Waals surface area contributed by atoms with E-state index in [2.05, 4.69) is 50.4 Å². The van der Waals surface area contributed by atoms with Crippen molar-refractivity contribution >= 4 is 36.5 Å². The molecule has 0 bridgehead atoms. The van der Waals surface area contributed by atoms with E-state index in [1.807, 2.05) is 42.5 Å². The lowest BCUT2D eigenvalue weighted by molar-refractivity contribution is -0.143. The maximum Gasteiger partial charge on any atom is 0.338 e. The first kappa shape index (κ1) is 38.6. The summed E-state index contributed by atoms with van der Waals surface area (Å²) in [7, 11) is 0.184. The minimum Gasteiger partial charge on any atom is -0.459 e. The molecule has 4 aromatic carbocycles. The Labute approximate surface area is 307 Å². The highest BCUT2D eigenvalue weighted by molar-refractivity contribution is 6.99. The number of nitrogens with one attached hydrogen (secondary N) is 1. The van der Waals surface area contributed by atoms with Crippen LogP contribution in [0.15, 0.2) is 121 Å². The predicted molar refractivity (Wildman–Crippen MR) is 201 cm³/mol. The monoisotopic (exact) mass is 724 g/mol. The van der Waals surface area contributed by atoms with E-state index in [1.54, 1.807) is 66.5 Å². The number of carbonyl (C=O) groups excluding carboxylic acids is 3. The number of benzene rings is 4. The molecule has 1 aliphatic heterocycles. The minimum atomic E-state index is -3.04. The summed E-state index contributed by atoms with van der Waals surface area (Å²) in [6.45, 7) is 6.37. The number of methoxy groups -OCH3 is 1. The van der Waals surface area contributed by atoms with Crippen LogP contribution < -0.4 is 15.7 Å². The lowest BCUT2D eigenvalue weighted by Crippen LogP contribution is -2.68. The molecule has 274 valence electrons. The topological polar surface area (TPSA) is 113 Å². The van der Waals surface area contributed by atoms with Gasteiger partial charge in [0.15, 0.2) is 0 Å². The molecule has 10 nitrogen and oxygen atoms in total. The Kier molecular flexibility index (Phi) is 13.1. The van der Waals surface area contributed by atoms with Gasteiger partial charge in [0.2, 0.25) is 5.91 Å². The van der Waals surface area contributed by atoms with Crippen LogP contribution in [0.25, 0.3) is 0 Å². The number of nitrogens with zero attached hydrogens (tertiary/aromatic N) is 1. The largest absolute Gasteiger partial charge is 0.459 e. The van der Waals surface area contributed by atoms with Crippen LogP contribution in [0.1, 0.15) is 41.5 Å². The van der Waals surface area contributed by atoms with Crippen molar-refractivity contribution in [3.8, 4) is 0 Å². The molecule has 0 radical (unpaired) electrons. The van der Waals surface area contributed by atoms with E-state index in [0.29, 0.717) is 11.1 Å². The third kappa shape index (κ3) is 9.04. The first-order valence-corrected chi connectivity index (χ1v) is 19.3. The van der Waals surface area contributed by atoms with Gasteiger partial charge < -0.3 is 28.7 Å². The smallest absolute Gasteiger partial charge is 0.338 e. The predicted octanol–water partition coefficient (Wildman–Crippen LogP) is 4.43. The molecular weight excluding hydrogens is 677 g/mol. The highest BCUT2D eigenvalue weighted by Crippen LogP contribution is 2.37. The molecule has 0 aromatic heterocycles. The summed E-state index contributed by atoms with van der Waals surface area (Å²) in [6.07, 6.45) is -1.74. The summed E-state index contributed by atoms with van der Waals surface area (Å²) in [6, 6.07) is 36.1. The molecule has 1 amide bonds. The fraction of sp³-hybridized carbons (Fsp3) is 0.341. The van der Waals surface area contributed by atoms with Gasteiger partial charge in [0.25, 0.3) is 8.32 Å². The van der Waals surface area contributed by atoms with Crippen LogP contribution in [0, 0.1) is 0 Å². The first-order chi connectivity index (χ1) is 25.0. The van der Waals surface area contributed by atoms with E-state index in [-0.39, 0.29) is 31.6 Å². The zero-order chi connectivity index (χ0) is 37.1. The molecule has 0 spiro atoms. The molecule has 11 heteroatoms. The second-order valence-corrected chi connectivity index (χ2v) is 18.2. The van der Waals surface area contributed by atoms with Crippen LogP contribution in [0.3, 0.4) is 0 Å². The van der Waals surface area contributed by atoms with Gasteiger partial charge in [0.05, 0.1) is 23.8 Å². The Hall–Kier alpha value is -4.65. The van der Waals surface area contributed by atoms with Crippen molar-refractivity contribution in [3.05, 3.63) is 132 Å². The molecule has 0 aliphatic carbocycles. The zero-order valence-corrected chi connectivity index (χ0v) is 31.4. The number of carbonyl (C=O) groups is 3. The Balaban J connectivity index is 1.49. The number of rotatable bonds is 14. The van der Waals surface area contributed by atoms with Crippen molar-refractivity contribution in [1.82, 2.24) is 10.2 Å². The lowest BCUT2D eigenvalue weighted by atomic mass is 10.1. The fourth-order valence-electron chi connectivity index (χ4n) is 6.76. The molecule has 0 saturated carbocycles. The molecule has 0 unspecified atom stereocenters. The standard InChI is InChI=1S/C41H48N2O8Si/c1-41(2,3)52(32-22-14-8-15-23-32,33-24-16-9-17-25-33)50-27-34-35(51-40(46)31-20-12-7-13-21-31)26-43(4)37(38(44)42-34)36(49-29-47-5)28-48-39(45)30-18-10-6-11-19-30/h6-25,34-37H,26-29H2,1-5H3,(H,42,44)/t34-,35-,36+,37-/m0/s1. The summed E-state index contributed by atoms with van der Waals surface area (Å²) in [5.41, 5.74) is 0.762. The van der Waals surface area contributed by atoms with Crippen molar-refractivity contribution in [3.63, 3.8) is 0 Å². The molecular formula is C41H48N2O8Si. The molecule has 52 heavy (non-hydrogen) atoms. The summed E-state index contributed by atoms with van der Waals surface area (Å²) in [4.78, 5) is 42.5. The molecule has 1 N–H and O–H groups in total. The van der Waals surface area contributed by atoms with Crippen LogP contribution in [-0.2, 0) is 28.2 Å². The average molecular weight is 725 g/mol. The third-order valence-electron chi connectivity index (χ3n) is 9.29. The second kappa shape index (κ2) is 17.7. The Bertz CT molecular complexity index is 1700. The Morgan fingerprint density at radius 3 is 1.81 bits per heavy atom. The van der Waals surface area contributed by atoms with Crippen molar-refractivity contribution < 1.29 is 37.8 Å². The van der Waals surface area contributed by atoms with Crippen LogP contribution in [0.5, 0.6) is 0 Å². The summed E-state index contributed by atoms with van der Waals surface area (Å²) >= 11 is 0. The number of hydrogen-bond donors (Lipinski definition) is 1. The number of likely N-dealkylation sites (N-methyl/N-ethyl adjacent to an activating group) is 1. The van der Waals surface area contributed by atoms with Gasteiger partial charge in [-0.05, 0) is 46.7 Å². The van der Waals surface area contributed by atoms with Crippen LogP contribution in [-0.4, -0.2) is 96.1 Å². The number of hydrogen-bond acceptors (Lipinski definition) is 9. The van der Waals surface area contributed by atoms with Gasteiger partial charge in [0.1, 0.15) is 31.6 Å². The van der Waals surface area contributed by atoms with Gasteiger partial charge in [-0.15, -0.1) is 0 Å². The van der Waals surface area contributed by atoms with E-state index in [0.717, 1.165) is 10.4 Å². The van der Waals surface area contributed by atoms with Gasteiger partial charge in [0, 0.05) is 13.7 Å². The summed E-state index contributed by atoms with van der Waals surface area (Å²) in [5.74, 6) is -1.46. The number of ether oxygens (including phenoxy) is 4. The molecule has 1 saturated heterocycles. The normalized spacial score (nSPS) is 18.9. The average Bonchev–Trinajstić information content (AvgIpc) is 3.27. The van der Waals surface area contributed by atoms with Crippen molar-refractivity contribution in [1.29, 1.82) is 0 Å². The molecule has 1 aliphatic rings. The van der Waals surface area contributed by atoms with Gasteiger partial charge >= 0.3 is 11.9 Å². The van der Waals surface area contributed by atoms with Crippen LogP contribution >= 0.6 is 0 Å². The van der Waals surface area contributed by atoms with Crippen molar-refractivity contribution in [2.75, 3.05) is 40.7 Å². The van der Waals surface area contributed by atoms with E-state index in [9.17, 15) is 14.4 Å². The van der Waals surface area contributed by atoms with Gasteiger partial charge in [-0.1, -0.05) is 118 Å². The zero-order valence-electron chi connectivity index (χ0n) is 30.4. The Morgan fingerprint density at radius 2 is 1.31 bits per heavy atom. The first-order valence-electron chi connectivity index (χ1n) is 17.4. The maximum absolute atomic E-state index is 14.3. The van der Waals surface area contributed by atoms with E-state index >= 15 is 0 Å². The SMILES string of the molecule is COCO[C@H](COC(=O)c1ccccc1)[C@H]1C(=O)N[C@@H](CO[Si](c2ccccc2)(c2ccccc2)C(C)(C)C)[C@@H](OC(=O)c2ccccc2)CN1C. The van der Waals surface area contributed by atoms with Crippen molar-refractivity contribution in [2.24, 2.45) is 0 Å². The van der Waals surface area contributed by atoms with E-state index in [4.69, 9.17) is 23.4 Å². The highest BCUT2D eigenvalue weighted by Gasteiger charge is 2.51. The van der Waals surface area contributed by atoms with Gasteiger partial charge in [-0.2, -0.15) is 0 Å². The molecule has 1 heterocycles.